The van der Waals surface area contributed by atoms with Crippen LogP contribution in [-0.2, 0) is 0 Å². The molecule has 0 rings (SSSR count). The van der Waals surface area contributed by atoms with Gasteiger partial charge in [-0.2, -0.15) is 0 Å². The first-order valence-electron chi connectivity index (χ1n) is 0.873. The molecule has 0 spiro atoms. The van der Waals surface area contributed by atoms with Gasteiger partial charge in [0.25, 0.3) is 0 Å². The fourth-order valence-corrected chi connectivity index (χ4v) is 0. The van der Waals surface area contributed by atoms with Crippen LogP contribution >= 0.6 is 45.8 Å². The summed E-state index contributed by atoms with van der Waals surface area (Å²) in [4.78, 5) is 0. The molecule has 6 heavy (non-hydrogen) atoms. The second-order valence-corrected chi connectivity index (χ2v) is 4.45. The molecule has 0 heterocycles. The topological polar surface area (TPSA) is 0 Å². The second kappa shape index (κ2) is 5.09. The Morgan fingerprint density at radius 2 is 0.833 bits per heavy atom. The minimum absolute atomic E-state index is 0. The van der Waals surface area contributed by atoms with Crippen molar-refractivity contribution in [1.82, 2.24) is 0 Å². The van der Waals surface area contributed by atoms with Gasteiger partial charge in [0.05, 0.1) is 0 Å². The zero-order valence-electron chi connectivity index (χ0n) is 3.09. The molecule has 32 valence electrons. The smallest absolute Gasteiger partial charge is 0.332 e. The molecule has 0 amide bonds. The minimum Gasteiger partial charge on any atom is -0.332 e. The van der Waals surface area contributed by atoms with E-state index in [1.165, 1.54) is 0 Å². The van der Waals surface area contributed by atoms with Gasteiger partial charge in [-0.25, -0.2) is 0 Å². The SMILES string of the molecule is Cl[B-](Cl)(Cl)Cl.[Cs+]. The average Bonchev–Trinajstić information content (AvgIpc) is 0.722. The van der Waals surface area contributed by atoms with Crippen molar-refractivity contribution in [3.8, 4) is 0 Å². The van der Waals surface area contributed by atoms with E-state index >= 15 is 0 Å². The molecule has 6 heteroatoms. The molecule has 0 aliphatic heterocycles. The van der Waals surface area contributed by atoms with Crippen LogP contribution in [0.2, 0.25) is 0 Å². The van der Waals surface area contributed by atoms with Gasteiger partial charge in [0.15, 0.2) is 0 Å². The zero-order valence-corrected chi connectivity index (χ0v) is 12.4. The second-order valence-electron chi connectivity index (χ2n) is 0.495. The molecule has 0 saturated heterocycles. The Labute approximate surface area is 115 Å². The Balaban J connectivity index is 0. The third-order valence-corrected chi connectivity index (χ3v) is 0. The molecular weight excluding hydrogens is 286 g/mol. The summed E-state index contributed by atoms with van der Waals surface area (Å²) in [5, 5.41) is 0. The summed E-state index contributed by atoms with van der Waals surface area (Å²) < 4.78 is -2.11. The molecule has 0 aromatic carbocycles. The zero-order chi connectivity index (χ0) is 4.50. The largest absolute Gasteiger partial charge is 1.00 e. The molecule has 0 fully saturated rings. The van der Waals surface area contributed by atoms with Crippen LogP contribution in [-0.4, -0.2) is 3.81 Å². The Bertz CT molecular complexity index is 23.0. The third-order valence-electron chi connectivity index (χ3n) is 0. The van der Waals surface area contributed by atoms with E-state index in [9.17, 15) is 0 Å². The molecule has 0 aromatic rings. The van der Waals surface area contributed by atoms with Gasteiger partial charge in [-0.15, -0.1) is 0 Å². The maximum absolute atomic E-state index is 4.89. The summed E-state index contributed by atoms with van der Waals surface area (Å²) in [6, 6.07) is 0. The fourth-order valence-electron chi connectivity index (χ4n) is 0. The number of rotatable bonds is 0. The van der Waals surface area contributed by atoms with Crippen molar-refractivity contribution in [1.29, 1.82) is 0 Å². The molecule has 0 saturated carbocycles. The van der Waals surface area contributed by atoms with Gasteiger partial charge >= 0.3 is 72.7 Å². The van der Waals surface area contributed by atoms with Crippen LogP contribution in [0.3, 0.4) is 0 Å². The van der Waals surface area contributed by atoms with Gasteiger partial charge < -0.3 is 45.8 Å². The van der Waals surface area contributed by atoms with Gasteiger partial charge in [-0.3, -0.25) is 0 Å². The van der Waals surface area contributed by atoms with Crippen LogP contribution in [0.4, 0.5) is 0 Å². The van der Waals surface area contributed by atoms with E-state index in [1.54, 1.807) is 0 Å². The van der Waals surface area contributed by atoms with E-state index in [1.807, 2.05) is 0 Å². The van der Waals surface area contributed by atoms with E-state index < -0.39 is 3.81 Å². The summed E-state index contributed by atoms with van der Waals surface area (Å²) >= 11 is 19.6. The Morgan fingerprint density at radius 3 is 0.833 bits per heavy atom. The maximum Gasteiger partial charge on any atom is 1.00 e. The van der Waals surface area contributed by atoms with Crippen molar-refractivity contribution in [3.05, 3.63) is 0 Å². The number of halogens is 4. The predicted molar refractivity (Wildman–Crippen MR) is 29.2 cm³/mol. The first kappa shape index (κ1) is 12.0. The summed E-state index contributed by atoms with van der Waals surface area (Å²) in [5.74, 6) is 0. The summed E-state index contributed by atoms with van der Waals surface area (Å²) in [6.45, 7) is 0. The molecular formula is BCl4Cs. The van der Waals surface area contributed by atoms with Gasteiger partial charge in [0.2, 0.25) is 0 Å². The summed E-state index contributed by atoms with van der Waals surface area (Å²) in [6.07, 6.45) is 0. The van der Waals surface area contributed by atoms with E-state index in [2.05, 4.69) is 0 Å². The van der Waals surface area contributed by atoms with Crippen LogP contribution in [0.15, 0.2) is 0 Å². The van der Waals surface area contributed by atoms with Gasteiger partial charge in [-0.05, 0) is 0 Å². The normalized spacial score (nSPS) is 10.0. The quantitative estimate of drug-likeness (QED) is 0.521. The predicted octanol–water partition coefficient (Wildman–Crippen LogP) is -0.619. The Kier molecular flexibility index (Phi) is 10.2. The standard InChI is InChI=1S/BCl4.Cs/c2-1(3,4)5;/q-1;+1. The number of hydrogen-bond donors (Lipinski definition) is 0. The minimum atomic E-state index is -2.11. The molecule has 0 N–H and O–H groups in total. The Morgan fingerprint density at radius 1 is 0.833 bits per heavy atom. The van der Waals surface area contributed by atoms with Crippen molar-refractivity contribution < 1.29 is 68.9 Å². The van der Waals surface area contributed by atoms with Crippen molar-refractivity contribution in [2.45, 2.75) is 0 Å². The van der Waals surface area contributed by atoms with Crippen LogP contribution in [0.5, 0.6) is 0 Å². The molecule has 0 aliphatic carbocycles. The number of hydrogen-bond acceptors (Lipinski definition) is 0. The average molecular weight is 286 g/mol. The summed E-state index contributed by atoms with van der Waals surface area (Å²) in [5.41, 5.74) is 0. The molecule has 0 bridgehead atoms. The van der Waals surface area contributed by atoms with Crippen molar-refractivity contribution in [2.24, 2.45) is 0 Å². The van der Waals surface area contributed by atoms with Crippen LogP contribution in [0.25, 0.3) is 0 Å². The van der Waals surface area contributed by atoms with E-state index in [0.717, 1.165) is 0 Å². The van der Waals surface area contributed by atoms with E-state index in [0.29, 0.717) is 0 Å². The molecule has 0 radical (unpaired) electrons. The monoisotopic (exact) mass is 284 g/mol. The molecule has 0 aliphatic rings. The van der Waals surface area contributed by atoms with Crippen LogP contribution in [0.1, 0.15) is 0 Å². The third kappa shape index (κ3) is 26.7. The van der Waals surface area contributed by atoms with Gasteiger partial charge in [0.1, 0.15) is 0 Å². The van der Waals surface area contributed by atoms with Crippen molar-refractivity contribution >= 4 is 49.6 Å². The maximum atomic E-state index is 4.89. The first-order valence-corrected chi connectivity index (χ1v) is 2.62. The molecule has 0 nitrogen and oxygen atoms in total. The van der Waals surface area contributed by atoms with Crippen molar-refractivity contribution in [2.75, 3.05) is 0 Å². The summed E-state index contributed by atoms with van der Waals surface area (Å²) in [7, 11) is 0. The van der Waals surface area contributed by atoms with Crippen LogP contribution in [0, 0.1) is 0 Å². The van der Waals surface area contributed by atoms with Gasteiger partial charge in [-0.1, -0.05) is 0 Å². The first-order chi connectivity index (χ1) is 2.00. The van der Waals surface area contributed by atoms with E-state index in [-0.39, 0.29) is 68.9 Å². The fraction of sp³-hybridized carbons (Fsp3) is 0. The molecule has 0 unspecified atom stereocenters. The molecule has 0 atom stereocenters. The van der Waals surface area contributed by atoms with Crippen LogP contribution < -0.4 is 68.9 Å². The van der Waals surface area contributed by atoms with Crippen molar-refractivity contribution in [3.63, 3.8) is 0 Å². The Hall–Kier alpha value is 3.28. The van der Waals surface area contributed by atoms with E-state index in [4.69, 9.17) is 45.8 Å². The van der Waals surface area contributed by atoms with Gasteiger partial charge in [0, 0.05) is 0 Å². The molecule has 0 aromatic heterocycles.